The van der Waals surface area contributed by atoms with Crippen LogP contribution in [0.4, 0.5) is 5.69 Å². The molecule has 1 aliphatic heterocycles. The molecule has 3 aromatic carbocycles. The average molecular weight is 495 g/mol. The second kappa shape index (κ2) is 11.3. The third-order valence-corrected chi connectivity index (χ3v) is 7.81. The van der Waals surface area contributed by atoms with Gasteiger partial charge in [-0.3, -0.25) is 14.6 Å². The highest BCUT2D eigenvalue weighted by Crippen LogP contribution is 2.30. The Kier molecular flexibility index (Phi) is 7.73. The fourth-order valence-corrected chi connectivity index (χ4v) is 5.70. The predicted octanol–water partition coefficient (Wildman–Crippen LogP) is 5.59. The molecule has 0 radical (unpaired) electrons. The number of aromatic amines is 1. The lowest BCUT2D eigenvalue weighted by Crippen LogP contribution is -2.47. The Morgan fingerprint density at radius 1 is 0.838 bits per heavy atom. The summed E-state index contributed by atoms with van der Waals surface area (Å²) in [5.74, 6) is 0. The Balaban J connectivity index is 1.35. The molecule has 1 aliphatic rings. The third kappa shape index (κ3) is 5.34. The van der Waals surface area contributed by atoms with Crippen molar-refractivity contribution < 1.29 is 0 Å². The summed E-state index contributed by atoms with van der Waals surface area (Å²) < 4.78 is 0. The van der Waals surface area contributed by atoms with Gasteiger partial charge < -0.3 is 9.88 Å². The van der Waals surface area contributed by atoms with Crippen LogP contribution in [0.1, 0.15) is 42.3 Å². The normalized spacial score (nSPS) is 14.9. The van der Waals surface area contributed by atoms with E-state index in [1.54, 1.807) is 0 Å². The van der Waals surface area contributed by atoms with Gasteiger partial charge >= 0.3 is 0 Å². The molecule has 4 aromatic rings. The number of aromatic nitrogens is 1. The second-order valence-electron chi connectivity index (χ2n) is 10.00. The van der Waals surface area contributed by atoms with Crippen LogP contribution in [0, 0.1) is 6.92 Å². The second-order valence-corrected chi connectivity index (χ2v) is 10.00. The molecule has 1 fully saturated rings. The van der Waals surface area contributed by atoms with Crippen molar-refractivity contribution in [1.29, 1.82) is 0 Å². The first-order valence-electron chi connectivity index (χ1n) is 13.6. The number of hydrogen-bond acceptors (Lipinski definition) is 4. The third-order valence-electron chi connectivity index (χ3n) is 7.81. The molecule has 0 unspecified atom stereocenters. The number of nitrogens with zero attached hydrogens (tertiary/aromatic N) is 3. The molecule has 192 valence electrons. The van der Waals surface area contributed by atoms with Crippen LogP contribution in [0.25, 0.3) is 10.9 Å². The van der Waals surface area contributed by atoms with Crippen molar-refractivity contribution in [2.45, 2.75) is 33.4 Å². The highest BCUT2D eigenvalue weighted by atomic mass is 16.1. The quantitative estimate of drug-likeness (QED) is 0.347. The summed E-state index contributed by atoms with van der Waals surface area (Å²) in [5.41, 5.74) is 6.71. The largest absolute Gasteiger partial charge is 0.372 e. The van der Waals surface area contributed by atoms with Crippen LogP contribution < -0.4 is 10.3 Å². The summed E-state index contributed by atoms with van der Waals surface area (Å²) in [6.07, 6.45) is 0. The van der Waals surface area contributed by atoms with E-state index in [9.17, 15) is 4.79 Å². The molecule has 0 spiro atoms. The van der Waals surface area contributed by atoms with Gasteiger partial charge in [0.25, 0.3) is 0 Å². The van der Waals surface area contributed by atoms with E-state index in [1.165, 1.54) is 11.1 Å². The SMILES string of the molecule is CCN(CC)c1ccc2[nH]c(C)c(CN3CCN(C(c4ccccc4)c4ccccc4)CC3)c(=O)c2c1. The molecule has 1 N–H and O–H groups in total. The van der Waals surface area contributed by atoms with Gasteiger partial charge in [-0.15, -0.1) is 0 Å². The van der Waals surface area contributed by atoms with E-state index >= 15 is 0 Å². The number of fused-ring (bicyclic) bond motifs is 1. The van der Waals surface area contributed by atoms with Crippen LogP contribution in [0.5, 0.6) is 0 Å². The number of benzene rings is 3. The van der Waals surface area contributed by atoms with Crippen LogP contribution in [-0.4, -0.2) is 54.1 Å². The molecular formula is C32H38N4O. The van der Waals surface area contributed by atoms with Gasteiger partial charge in [-0.2, -0.15) is 0 Å². The molecule has 1 saturated heterocycles. The lowest BCUT2D eigenvalue weighted by molar-refractivity contribution is 0.104. The number of hydrogen-bond donors (Lipinski definition) is 1. The Hall–Kier alpha value is -3.41. The van der Waals surface area contributed by atoms with Gasteiger partial charge in [0.05, 0.1) is 6.04 Å². The van der Waals surface area contributed by atoms with E-state index in [-0.39, 0.29) is 11.5 Å². The fraction of sp³-hybridized carbons (Fsp3) is 0.344. The van der Waals surface area contributed by atoms with E-state index in [0.29, 0.717) is 6.54 Å². The first-order chi connectivity index (χ1) is 18.1. The van der Waals surface area contributed by atoms with Crippen LogP contribution in [0.2, 0.25) is 0 Å². The van der Waals surface area contributed by atoms with Crippen molar-refractivity contribution in [1.82, 2.24) is 14.8 Å². The molecule has 0 aliphatic carbocycles. The number of pyridine rings is 1. The van der Waals surface area contributed by atoms with E-state index in [0.717, 1.165) is 67.1 Å². The van der Waals surface area contributed by atoms with Crippen molar-refractivity contribution in [2.75, 3.05) is 44.2 Å². The first kappa shape index (κ1) is 25.2. The monoisotopic (exact) mass is 494 g/mol. The number of nitrogens with one attached hydrogen (secondary N) is 1. The molecular weight excluding hydrogens is 456 g/mol. The Bertz CT molecular complexity index is 1330. The minimum absolute atomic E-state index is 0.161. The Morgan fingerprint density at radius 2 is 1.43 bits per heavy atom. The minimum atomic E-state index is 0.161. The lowest BCUT2D eigenvalue weighted by Gasteiger charge is -2.40. The van der Waals surface area contributed by atoms with E-state index in [4.69, 9.17) is 0 Å². The van der Waals surface area contributed by atoms with Gasteiger partial charge in [0.15, 0.2) is 5.43 Å². The minimum Gasteiger partial charge on any atom is -0.372 e. The first-order valence-corrected chi connectivity index (χ1v) is 13.6. The standard InChI is InChI=1S/C32H38N4O/c1-4-35(5-2)27-16-17-30-28(22-27)32(37)29(24(3)33-30)23-34-18-20-36(21-19-34)31(25-12-8-6-9-13-25)26-14-10-7-11-15-26/h6-17,22,31H,4-5,18-21,23H2,1-3H3,(H,33,37). The van der Waals surface area contributed by atoms with Gasteiger partial charge in [0.1, 0.15) is 0 Å². The number of aryl methyl sites for hydroxylation is 1. The smallest absolute Gasteiger partial charge is 0.194 e. The van der Waals surface area contributed by atoms with Crippen molar-refractivity contribution in [2.24, 2.45) is 0 Å². The molecule has 1 aromatic heterocycles. The van der Waals surface area contributed by atoms with Crippen molar-refractivity contribution in [3.63, 3.8) is 0 Å². The highest BCUT2D eigenvalue weighted by Gasteiger charge is 2.27. The van der Waals surface area contributed by atoms with Crippen LogP contribution in [-0.2, 0) is 6.54 Å². The maximum absolute atomic E-state index is 13.6. The topological polar surface area (TPSA) is 42.6 Å². The fourth-order valence-electron chi connectivity index (χ4n) is 5.70. The van der Waals surface area contributed by atoms with Crippen LogP contribution in [0.15, 0.2) is 83.7 Å². The van der Waals surface area contributed by atoms with Gasteiger partial charge in [0.2, 0.25) is 0 Å². The number of H-pyrrole nitrogens is 1. The zero-order valence-electron chi connectivity index (χ0n) is 22.3. The zero-order valence-corrected chi connectivity index (χ0v) is 22.3. The van der Waals surface area contributed by atoms with Crippen molar-refractivity contribution in [3.8, 4) is 0 Å². The molecule has 2 heterocycles. The summed E-state index contributed by atoms with van der Waals surface area (Å²) in [7, 11) is 0. The maximum Gasteiger partial charge on any atom is 0.194 e. The van der Waals surface area contributed by atoms with Crippen molar-refractivity contribution >= 4 is 16.6 Å². The van der Waals surface area contributed by atoms with Crippen LogP contribution in [0.3, 0.4) is 0 Å². The molecule has 5 rings (SSSR count). The number of rotatable bonds is 8. The molecule has 5 nitrogen and oxygen atoms in total. The highest BCUT2D eigenvalue weighted by molar-refractivity contribution is 5.83. The predicted molar refractivity (Wildman–Crippen MR) is 154 cm³/mol. The number of piperazine rings is 1. The van der Waals surface area contributed by atoms with E-state index in [2.05, 4.69) is 106 Å². The lowest BCUT2D eigenvalue weighted by atomic mass is 9.96. The summed E-state index contributed by atoms with van der Waals surface area (Å²) in [6.45, 7) is 12.7. The summed E-state index contributed by atoms with van der Waals surface area (Å²) in [6, 6.07) is 28.1. The van der Waals surface area contributed by atoms with Crippen molar-refractivity contribution in [3.05, 3.63) is 111 Å². The molecule has 0 saturated carbocycles. The molecule has 0 amide bonds. The van der Waals surface area contributed by atoms with Gasteiger partial charge in [-0.25, -0.2) is 0 Å². The molecule has 5 heteroatoms. The number of anilines is 1. The molecule has 37 heavy (non-hydrogen) atoms. The summed E-state index contributed by atoms with van der Waals surface area (Å²) in [4.78, 5) is 24.4. The van der Waals surface area contributed by atoms with E-state index in [1.807, 2.05) is 13.0 Å². The van der Waals surface area contributed by atoms with Gasteiger partial charge in [-0.05, 0) is 50.1 Å². The summed E-state index contributed by atoms with van der Waals surface area (Å²) >= 11 is 0. The molecule has 0 atom stereocenters. The average Bonchev–Trinajstić information content (AvgIpc) is 2.94. The Labute approximate surface area is 220 Å². The van der Waals surface area contributed by atoms with Gasteiger partial charge in [0, 0.05) is 73.7 Å². The zero-order chi connectivity index (χ0) is 25.8. The van der Waals surface area contributed by atoms with Gasteiger partial charge in [-0.1, -0.05) is 60.7 Å². The summed E-state index contributed by atoms with van der Waals surface area (Å²) in [5, 5.41) is 0.789. The molecule has 0 bridgehead atoms. The Morgan fingerprint density at radius 3 is 2.00 bits per heavy atom. The van der Waals surface area contributed by atoms with Crippen LogP contribution >= 0.6 is 0 Å². The maximum atomic E-state index is 13.6. The van der Waals surface area contributed by atoms with E-state index < -0.39 is 0 Å².